The zero-order valence-corrected chi connectivity index (χ0v) is 11.5. The molecule has 1 aromatic carbocycles. The van der Waals surface area contributed by atoms with Gasteiger partial charge in [-0.2, -0.15) is 0 Å². The van der Waals surface area contributed by atoms with Gasteiger partial charge in [-0.1, -0.05) is 18.6 Å². The minimum absolute atomic E-state index is 0.209. The van der Waals surface area contributed by atoms with Crippen LogP contribution in [0, 0.1) is 0 Å². The summed E-state index contributed by atoms with van der Waals surface area (Å²) in [4.78, 5) is 24.8. The van der Waals surface area contributed by atoms with Gasteiger partial charge in [0.25, 0.3) is 0 Å². The van der Waals surface area contributed by atoms with Gasteiger partial charge in [-0.15, -0.1) is 0 Å². The number of piperidine rings is 1. The van der Waals surface area contributed by atoms with Crippen molar-refractivity contribution in [3.63, 3.8) is 0 Å². The molecule has 1 atom stereocenters. The molecule has 5 nitrogen and oxygen atoms in total. The zero-order chi connectivity index (χ0) is 14.5. The predicted octanol–water partition coefficient (Wildman–Crippen LogP) is 1.91. The standard InChI is InChI=1S/C15H19NO4/c1-20-15(19)13-7-2-3-8-16(13)10-11-5-4-6-12(9-11)14(17)18/h4-6,9,13H,2-3,7-8,10H2,1H3,(H,17,18). The van der Waals surface area contributed by atoms with Crippen LogP contribution in [0.15, 0.2) is 24.3 Å². The first-order valence-corrected chi connectivity index (χ1v) is 6.76. The van der Waals surface area contributed by atoms with E-state index < -0.39 is 5.97 Å². The molecule has 0 radical (unpaired) electrons. The lowest BCUT2D eigenvalue weighted by molar-refractivity contribution is -0.148. The van der Waals surface area contributed by atoms with Crippen molar-refractivity contribution in [3.8, 4) is 0 Å². The molecular formula is C15H19NO4. The fourth-order valence-corrected chi connectivity index (χ4v) is 2.62. The van der Waals surface area contributed by atoms with Crippen LogP contribution in [0.4, 0.5) is 0 Å². The van der Waals surface area contributed by atoms with Crippen LogP contribution >= 0.6 is 0 Å². The van der Waals surface area contributed by atoms with Crippen LogP contribution in [0.5, 0.6) is 0 Å². The maximum atomic E-state index is 11.8. The Morgan fingerprint density at radius 2 is 2.20 bits per heavy atom. The van der Waals surface area contributed by atoms with Crippen molar-refractivity contribution in [2.45, 2.75) is 31.8 Å². The van der Waals surface area contributed by atoms with E-state index in [1.807, 2.05) is 6.07 Å². The second-order valence-corrected chi connectivity index (χ2v) is 5.01. The summed E-state index contributed by atoms with van der Waals surface area (Å²) in [6.07, 6.45) is 2.86. The van der Waals surface area contributed by atoms with Crippen LogP contribution in [0.2, 0.25) is 0 Å². The van der Waals surface area contributed by atoms with Crippen LogP contribution in [-0.2, 0) is 16.1 Å². The second kappa shape index (κ2) is 6.52. The van der Waals surface area contributed by atoms with Crippen molar-refractivity contribution in [1.82, 2.24) is 4.90 Å². The average Bonchev–Trinajstić information content (AvgIpc) is 2.47. The van der Waals surface area contributed by atoms with Crippen molar-refractivity contribution < 1.29 is 19.4 Å². The van der Waals surface area contributed by atoms with E-state index in [0.29, 0.717) is 6.54 Å². The van der Waals surface area contributed by atoms with Gasteiger partial charge in [-0.3, -0.25) is 9.69 Å². The van der Waals surface area contributed by atoms with E-state index >= 15 is 0 Å². The molecule has 0 bridgehead atoms. The Labute approximate surface area is 118 Å². The Hall–Kier alpha value is -1.88. The summed E-state index contributed by atoms with van der Waals surface area (Å²) < 4.78 is 4.84. The number of hydrogen-bond acceptors (Lipinski definition) is 4. The number of esters is 1. The summed E-state index contributed by atoms with van der Waals surface area (Å²) >= 11 is 0. The fraction of sp³-hybridized carbons (Fsp3) is 0.467. The number of likely N-dealkylation sites (tertiary alicyclic amines) is 1. The minimum atomic E-state index is -0.935. The highest BCUT2D eigenvalue weighted by atomic mass is 16.5. The number of carbonyl (C=O) groups excluding carboxylic acids is 1. The molecule has 1 aromatic rings. The summed E-state index contributed by atoms with van der Waals surface area (Å²) in [6, 6.07) is 6.62. The molecule has 1 unspecified atom stereocenters. The topological polar surface area (TPSA) is 66.8 Å². The summed E-state index contributed by atoms with van der Waals surface area (Å²) in [5.74, 6) is -1.14. The van der Waals surface area contributed by atoms with Gasteiger partial charge < -0.3 is 9.84 Å². The third-order valence-corrected chi connectivity index (χ3v) is 3.65. The number of ether oxygens (including phenoxy) is 1. The normalized spacial score (nSPS) is 19.6. The molecule has 2 rings (SSSR count). The van der Waals surface area contributed by atoms with E-state index in [2.05, 4.69) is 4.90 Å². The molecule has 108 valence electrons. The van der Waals surface area contributed by atoms with Gasteiger partial charge in [-0.25, -0.2) is 4.79 Å². The predicted molar refractivity (Wildman–Crippen MR) is 73.5 cm³/mol. The molecular weight excluding hydrogens is 258 g/mol. The van der Waals surface area contributed by atoms with Gasteiger partial charge in [0.05, 0.1) is 12.7 Å². The lowest BCUT2D eigenvalue weighted by Gasteiger charge is -2.33. The molecule has 0 aromatic heterocycles. The third-order valence-electron chi connectivity index (χ3n) is 3.65. The largest absolute Gasteiger partial charge is 0.478 e. The molecule has 0 aliphatic carbocycles. The molecule has 0 amide bonds. The first-order chi connectivity index (χ1) is 9.61. The molecule has 0 saturated carbocycles. The van der Waals surface area contributed by atoms with Crippen LogP contribution in [0.3, 0.4) is 0 Å². The Morgan fingerprint density at radius 3 is 2.90 bits per heavy atom. The number of carboxylic acid groups (broad SMARTS) is 1. The van der Waals surface area contributed by atoms with Crippen molar-refractivity contribution >= 4 is 11.9 Å². The van der Waals surface area contributed by atoms with E-state index in [4.69, 9.17) is 9.84 Å². The quantitative estimate of drug-likeness (QED) is 0.852. The van der Waals surface area contributed by atoms with E-state index in [1.54, 1.807) is 18.2 Å². The van der Waals surface area contributed by atoms with E-state index in [0.717, 1.165) is 31.4 Å². The lowest BCUT2D eigenvalue weighted by Crippen LogP contribution is -2.44. The Balaban J connectivity index is 2.12. The SMILES string of the molecule is COC(=O)C1CCCCN1Cc1cccc(C(=O)O)c1. The number of rotatable bonds is 4. The van der Waals surface area contributed by atoms with Gasteiger partial charge in [0, 0.05) is 6.54 Å². The number of methoxy groups -OCH3 is 1. The Bertz CT molecular complexity index is 500. The minimum Gasteiger partial charge on any atom is -0.478 e. The van der Waals surface area contributed by atoms with E-state index in [9.17, 15) is 9.59 Å². The number of benzene rings is 1. The second-order valence-electron chi connectivity index (χ2n) is 5.01. The van der Waals surface area contributed by atoms with Crippen molar-refractivity contribution in [1.29, 1.82) is 0 Å². The Morgan fingerprint density at radius 1 is 1.40 bits per heavy atom. The molecule has 0 spiro atoms. The number of aromatic carboxylic acids is 1. The number of carbonyl (C=O) groups is 2. The van der Waals surface area contributed by atoms with Crippen LogP contribution in [0.25, 0.3) is 0 Å². The summed E-state index contributed by atoms with van der Waals surface area (Å²) in [6.45, 7) is 1.40. The zero-order valence-electron chi connectivity index (χ0n) is 11.5. The molecule has 1 saturated heterocycles. The van der Waals surface area contributed by atoms with E-state index in [1.165, 1.54) is 7.11 Å². The maximum Gasteiger partial charge on any atom is 0.335 e. The summed E-state index contributed by atoms with van der Waals surface area (Å²) in [5, 5.41) is 9.01. The summed E-state index contributed by atoms with van der Waals surface area (Å²) in [7, 11) is 1.40. The molecule has 5 heteroatoms. The molecule has 1 N–H and O–H groups in total. The monoisotopic (exact) mass is 277 g/mol. The first kappa shape index (κ1) is 14.5. The highest BCUT2D eigenvalue weighted by Gasteiger charge is 2.29. The van der Waals surface area contributed by atoms with E-state index in [-0.39, 0.29) is 17.6 Å². The van der Waals surface area contributed by atoms with Gasteiger partial charge in [0.2, 0.25) is 0 Å². The lowest BCUT2D eigenvalue weighted by atomic mass is 10.0. The third kappa shape index (κ3) is 3.36. The fourth-order valence-electron chi connectivity index (χ4n) is 2.62. The average molecular weight is 277 g/mol. The number of nitrogens with zero attached hydrogens (tertiary/aromatic N) is 1. The molecule has 20 heavy (non-hydrogen) atoms. The maximum absolute atomic E-state index is 11.8. The molecule has 1 aliphatic heterocycles. The van der Waals surface area contributed by atoms with Gasteiger partial charge in [0.15, 0.2) is 0 Å². The van der Waals surface area contributed by atoms with Crippen molar-refractivity contribution in [3.05, 3.63) is 35.4 Å². The van der Waals surface area contributed by atoms with Gasteiger partial charge in [-0.05, 0) is 37.1 Å². The van der Waals surface area contributed by atoms with Crippen LogP contribution in [-0.4, -0.2) is 41.6 Å². The van der Waals surface area contributed by atoms with Crippen LogP contribution in [0.1, 0.15) is 35.2 Å². The first-order valence-electron chi connectivity index (χ1n) is 6.76. The summed E-state index contributed by atoms with van der Waals surface area (Å²) in [5.41, 5.74) is 1.18. The van der Waals surface area contributed by atoms with Gasteiger partial charge >= 0.3 is 11.9 Å². The van der Waals surface area contributed by atoms with Gasteiger partial charge in [0.1, 0.15) is 6.04 Å². The smallest absolute Gasteiger partial charge is 0.335 e. The molecule has 1 fully saturated rings. The van der Waals surface area contributed by atoms with Crippen molar-refractivity contribution in [2.75, 3.05) is 13.7 Å². The highest BCUT2D eigenvalue weighted by molar-refractivity contribution is 5.87. The number of hydrogen-bond donors (Lipinski definition) is 1. The Kier molecular flexibility index (Phi) is 4.74. The number of carboxylic acids is 1. The highest BCUT2D eigenvalue weighted by Crippen LogP contribution is 2.21. The molecule has 1 heterocycles. The molecule has 1 aliphatic rings. The van der Waals surface area contributed by atoms with Crippen molar-refractivity contribution in [2.24, 2.45) is 0 Å². The van der Waals surface area contributed by atoms with Crippen LogP contribution < -0.4 is 0 Å².